The summed E-state index contributed by atoms with van der Waals surface area (Å²) in [6.07, 6.45) is 0. The SMILES string of the molecule is CN(C)CCNC(=O)COc1ccc(CN)cc1. The van der Waals surface area contributed by atoms with Gasteiger partial charge >= 0.3 is 0 Å². The van der Waals surface area contributed by atoms with Crippen molar-refractivity contribution in [1.29, 1.82) is 0 Å². The van der Waals surface area contributed by atoms with Gasteiger partial charge in [0, 0.05) is 19.6 Å². The van der Waals surface area contributed by atoms with Crippen LogP contribution < -0.4 is 15.8 Å². The third-order valence-electron chi connectivity index (χ3n) is 2.41. The zero-order valence-corrected chi connectivity index (χ0v) is 11.0. The fraction of sp³-hybridized carbons (Fsp3) is 0.462. The number of amides is 1. The Morgan fingerprint density at radius 3 is 2.56 bits per heavy atom. The van der Waals surface area contributed by atoms with E-state index in [9.17, 15) is 4.79 Å². The maximum Gasteiger partial charge on any atom is 0.257 e. The monoisotopic (exact) mass is 251 g/mol. The molecule has 100 valence electrons. The van der Waals surface area contributed by atoms with Crippen molar-refractivity contribution in [2.75, 3.05) is 33.8 Å². The van der Waals surface area contributed by atoms with Crippen molar-refractivity contribution < 1.29 is 9.53 Å². The minimum absolute atomic E-state index is 0.0371. The molecule has 0 aliphatic rings. The highest BCUT2D eigenvalue weighted by molar-refractivity contribution is 5.77. The molecule has 1 rings (SSSR count). The van der Waals surface area contributed by atoms with Crippen LogP contribution in [0.15, 0.2) is 24.3 Å². The van der Waals surface area contributed by atoms with E-state index < -0.39 is 0 Å². The Labute approximate surface area is 108 Å². The molecular weight excluding hydrogens is 230 g/mol. The second kappa shape index (κ2) is 7.68. The number of rotatable bonds is 7. The van der Waals surface area contributed by atoms with E-state index in [2.05, 4.69) is 5.32 Å². The third-order valence-corrected chi connectivity index (χ3v) is 2.41. The van der Waals surface area contributed by atoms with Gasteiger partial charge in [-0.3, -0.25) is 4.79 Å². The van der Waals surface area contributed by atoms with E-state index in [-0.39, 0.29) is 12.5 Å². The number of benzene rings is 1. The topological polar surface area (TPSA) is 67.6 Å². The van der Waals surface area contributed by atoms with Crippen molar-refractivity contribution in [1.82, 2.24) is 10.2 Å². The molecule has 5 nitrogen and oxygen atoms in total. The molecule has 0 heterocycles. The molecule has 5 heteroatoms. The average molecular weight is 251 g/mol. The fourth-order valence-electron chi connectivity index (χ4n) is 1.34. The second-order valence-corrected chi connectivity index (χ2v) is 4.29. The lowest BCUT2D eigenvalue weighted by molar-refractivity contribution is -0.123. The standard InChI is InChI=1S/C13H21N3O2/c1-16(2)8-7-15-13(17)10-18-12-5-3-11(9-14)4-6-12/h3-6H,7-10,14H2,1-2H3,(H,15,17). The molecule has 1 amide bonds. The van der Waals surface area contributed by atoms with Crippen molar-refractivity contribution in [3.05, 3.63) is 29.8 Å². The number of hydrogen-bond donors (Lipinski definition) is 2. The summed E-state index contributed by atoms with van der Waals surface area (Å²) in [6, 6.07) is 7.41. The summed E-state index contributed by atoms with van der Waals surface area (Å²) in [4.78, 5) is 13.5. The van der Waals surface area contributed by atoms with Gasteiger partial charge in [0.1, 0.15) is 5.75 Å². The summed E-state index contributed by atoms with van der Waals surface area (Å²) in [5.41, 5.74) is 6.53. The zero-order chi connectivity index (χ0) is 13.4. The summed E-state index contributed by atoms with van der Waals surface area (Å²) in [7, 11) is 3.92. The molecule has 1 aromatic rings. The zero-order valence-electron chi connectivity index (χ0n) is 11.0. The van der Waals surface area contributed by atoms with Crippen molar-refractivity contribution in [3.63, 3.8) is 0 Å². The van der Waals surface area contributed by atoms with Gasteiger partial charge in [-0.1, -0.05) is 12.1 Å². The van der Waals surface area contributed by atoms with Gasteiger partial charge in [-0.05, 0) is 31.8 Å². The third kappa shape index (κ3) is 5.65. The highest BCUT2D eigenvalue weighted by Crippen LogP contribution is 2.11. The molecule has 0 bridgehead atoms. The Morgan fingerprint density at radius 1 is 1.33 bits per heavy atom. The van der Waals surface area contributed by atoms with Gasteiger partial charge in [0.05, 0.1) is 0 Å². The summed E-state index contributed by atoms with van der Waals surface area (Å²) in [6.45, 7) is 1.99. The van der Waals surface area contributed by atoms with Crippen molar-refractivity contribution in [2.45, 2.75) is 6.54 Å². The minimum Gasteiger partial charge on any atom is -0.484 e. The fourth-order valence-corrected chi connectivity index (χ4v) is 1.34. The van der Waals surface area contributed by atoms with Gasteiger partial charge < -0.3 is 20.7 Å². The van der Waals surface area contributed by atoms with E-state index >= 15 is 0 Å². The van der Waals surface area contributed by atoms with Crippen LogP contribution in [0.1, 0.15) is 5.56 Å². The molecule has 0 saturated carbocycles. The van der Waals surface area contributed by atoms with Crippen molar-refractivity contribution in [3.8, 4) is 5.75 Å². The number of nitrogens with two attached hydrogens (primary N) is 1. The predicted octanol–water partition coefficient (Wildman–Crippen LogP) is 0.202. The number of ether oxygens (including phenoxy) is 1. The molecule has 0 saturated heterocycles. The largest absolute Gasteiger partial charge is 0.484 e. The first-order valence-corrected chi connectivity index (χ1v) is 5.95. The molecule has 18 heavy (non-hydrogen) atoms. The maximum absolute atomic E-state index is 11.4. The van der Waals surface area contributed by atoms with Crippen LogP contribution in [-0.4, -0.2) is 44.6 Å². The molecule has 3 N–H and O–H groups in total. The van der Waals surface area contributed by atoms with E-state index in [1.54, 1.807) is 0 Å². The molecule has 0 aromatic heterocycles. The van der Waals surface area contributed by atoms with Gasteiger partial charge in [-0.2, -0.15) is 0 Å². The summed E-state index contributed by atoms with van der Waals surface area (Å²) in [5, 5.41) is 2.78. The molecule has 1 aromatic carbocycles. The highest BCUT2D eigenvalue weighted by Gasteiger charge is 2.02. The normalized spacial score (nSPS) is 10.4. The summed E-state index contributed by atoms with van der Waals surface area (Å²) < 4.78 is 5.36. The van der Waals surface area contributed by atoms with Crippen LogP contribution in [0, 0.1) is 0 Å². The molecule has 0 aliphatic carbocycles. The van der Waals surface area contributed by atoms with Gasteiger partial charge in [0.15, 0.2) is 6.61 Å². The van der Waals surface area contributed by atoms with Gasteiger partial charge in [0.2, 0.25) is 0 Å². The van der Waals surface area contributed by atoms with Gasteiger partial charge in [0.25, 0.3) is 5.91 Å². The Kier molecular flexibility index (Phi) is 6.18. The highest BCUT2D eigenvalue weighted by atomic mass is 16.5. The van der Waals surface area contributed by atoms with Gasteiger partial charge in [-0.25, -0.2) is 0 Å². The van der Waals surface area contributed by atoms with Gasteiger partial charge in [-0.15, -0.1) is 0 Å². The average Bonchev–Trinajstić information content (AvgIpc) is 2.36. The van der Waals surface area contributed by atoms with E-state index in [1.807, 2.05) is 43.3 Å². The first-order chi connectivity index (χ1) is 8.61. The molecule has 0 fully saturated rings. The lowest BCUT2D eigenvalue weighted by Gasteiger charge is -2.11. The van der Waals surface area contributed by atoms with Crippen LogP contribution in [0.2, 0.25) is 0 Å². The first-order valence-electron chi connectivity index (χ1n) is 5.95. The van der Waals surface area contributed by atoms with Crippen LogP contribution in [0.5, 0.6) is 5.75 Å². The minimum atomic E-state index is -0.111. The van der Waals surface area contributed by atoms with Crippen LogP contribution in [0.4, 0.5) is 0 Å². The Balaban J connectivity index is 2.24. The molecule has 0 radical (unpaired) electrons. The quantitative estimate of drug-likeness (QED) is 0.726. The first kappa shape index (κ1) is 14.5. The molecule has 0 aliphatic heterocycles. The number of carbonyl (C=O) groups excluding carboxylic acids is 1. The second-order valence-electron chi connectivity index (χ2n) is 4.29. The van der Waals surface area contributed by atoms with Crippen LogP contribution >= 0.6 is 0 Å². The lowest BCUT2D eigenvalue weighted by Crippen LogP contribution is -2.34. The smallest absolute Gasteiger partial charge is 0.257 e. The van der Waals surface area contributed by atoms with E-state index in [0.29, 0.717) is 18.8 Å². The number of likely N-dealkylation sites (N-methyl/N-ethyl adjacent to an activating group) is 1. The van der Waals surface area contributed by atoms with Crippen LogP contribution in [0.25, 0.3) is 0 Å². The lowest BCUT2D eigenvalue weighted by atomic mass is 10.2. The summed E-state index contributed by atoms with van der Waals surface area (Å²) in [5.74, 6) is 0.565. The number of nitrogens with zero attached hydrogens (tertiary/aromatic N) is 1. The van der Waals surface area contributed by atoms with E-state index in [0.717, 1.165) is 12.1 Å². The Morgan fingerprint density at radius 2 is 2.00 bits per heavy atom. The predicted molar refractivity (Wildman–Crippen MR) is 71.4 cm³/mol. The number of carbonyl (C=O) groups is 1. The van der Waals surface area contributed by atoms with Crippen molar-refractivity contribution in [2.24, 2.45) is 5.73 Å². The molecule has 0 atom stereocenters. The Bertz CT molecular complexity index is 363. The maximum atomic E-state index is 11.4. The number of nitrogens with one attached hydrogen (secondary N) is 1. The van der Waals surface area contributed by atoms with Crippen LogP contribution in [-0.2, 0) is 11.3 Å². The molecular formula is C13H21N3O2. The van der Waals surface area contributed by atoms with Crippen LogP contribution in [0.3, 0.4) is 0 Å². The Hall–Kier alpha value is -1.59. The number of hydrogen-bond acceptors (Lipinski definition) is 4. The van der Waals surface area contributed by atoms with E-state index in [1.165, 1.54) is 0 Å². The molecule has 0 unspecified atom stereocenters. The summed E-state index contributed by atoms with van der Waals surface area (Å²) >= 11 is 0. The van der Waals surface area contributed by atoms with Crippen molar-refractivity contribution >= 4 is 5.91 Å². The van der Waals surface area contributed by atoms with E-state index in [4.69, 9.17) is 10.5 Å². The molecule has 0 spiro atoms.